The van der Waals surface area contributed by atoms with Gasteiger partial charge in [-0.1, -0.05) is 338 Å². The van der Waals surface area contributed by atoms with E-state index in [1.165, 1.54) is 212 Å². The molecule has 0 aliphatic carbocycles. The second-order valence-electron chi connectivity index (χ2n) is 23.1. The minimum absolute atomic E-state index is 0.0748. The van der Waals surface area contributed by atoms with E-state index < -0.39 is 6.10 Å². The van der Waals surface area contributed by atoms with Crippen LogP contribution in [0.2, 0.25) is 0 Å². The number of carbonyl (C=O) groups is 3. The van der Waals surface area contributed by atoms with E-state index in [9.17, 15) is 14.4 Å². The largest absolute Gasteiger partial charge is 0.462 e. The summed E-state index contributed by atoms with van der Waals surface area (Å²) in [4.78, 5) is 38.4. The topological polar surface area (TPSA) is 78.9 Å². The van der Waals surface area contributed by atoms with Crippen LogP contribution >= 0.6 is 0 Å². The number of ether oxygens (including phenoxy) is 3. The fraction of sp³-hybridized carbons (Fsp3) is 0.795. The molecule has 0 heterocycles. The van der Waals surface area contributed by atoms with E-state index in [2.05, 4.69) is 93.7 Å². The smallest absolute Gasteiger partial charge is 0.306 e. The lowest BCUT2D eigenvalue weighted by Crippen LogP contribution is -2.30. The van der Waals surface area contributed by atoms with Crippen molar-refractivity contribution in [2.45, 2.75) is 361 Å². The molecule has 0 aromatic carbocycles. The predicted molar refractivity (Wildman–Crippen MR) is 344 cm³/mol. The van der Waals surface area contributed by atoms with Crippen molar-refractivity contribution in [1.29, 1.82) is 0 Å². The Kier molecular flexibility index (Phi) is 64.7. The van der Waals surface area contributed by atoms with Crippen LogP contribution < -0.4 is 0 Å². The Morgan fingerprint density at radius 3 is 0.772 bits per heavy atom. The summed E-state index contributed by atoms with van der Waals surface area (Å²) in [6, 6.07) is 0. The molecular formula is C73H130O6. The van der Waals surface area contributed by atoms with Gasteiger partial charge in [0.05, 0.1) is 0 Å². The molecule has 0 N–H and O–H groups in total. The Morgan fingerprint density at radius 2 is 0.494 bits per heavy atom. The molecule has 0 amide bonds. The van der Waals surface area contributed by atoms with Gasteiger partial charge >= 0.3 is 17.9 Å². The van der Waals surface area contributed by atoms with Crippen molar-refractivity contribution in [3.8, 4) is 0 Å². The highest BCUT2D eigenvalue weighted by Gasteiger charge is 2.19. The van der Waals surface area contributed by atoms with Crippen LogP contribution in [0.4, 0.5) is 0 Å². The average molecular weight is 1100 g/mol. The van der Waals surface area contributed by atoms with Gasteiger partial charge in [0.25, 0.3) is 0 Å². The quantitative estimate of drug-likeness (QED) is 0.0261. The molecule has 0 aromatic heterocycles. The fourth-order valence-corrected chi connectivity index (χ4v) is 10.1. The van der Waals surface area contributed by atoms with Crippen LogP contribution in [-0.4, -0.2) is 37.2 Å². The molecule has 1 unspecified atom stereocenters. The molecule has 0 saturated heterocycles. The zero-order chi connectivity index (χ0) is 57.1. The summed E-state index contributed by atoms with van der Waals surface area (Å²) in [5, 5.41) is 0. The van der Waals surface area contributed by atoms with Gasteiger partial charge in [-0.05, 0) is 70.6 Å². The number of esters is 3. The first-order chi connectivity index (χ1) is 39.0. The lowest BCUT2D eigenvalue weighted by atomic mass is 10.0. The molecular weight excluding hydrogens is 973 g/mol. The van der Waals surface area contributed by atoms with E-state index in [-0.39, 0.29) is 31.1 Å². The van der Waals surface area contributed by atoms with Gasteiger partial charge in [-0.25, -0.2) is 0 Å². The molecule has 0 radical (unpaired) electrons. The average Bonchev–Trinajstić information content (AvgIpc) is 3.45. The standard InChI is InChI=1S/C73H130O6/c1-4-7-10-13-16-19-22-25-28-31-34-35-36-37-38-39-40-43-45-48-51-54-57-60-63-66-72(75)78-69-70(79-73(76)67-64-61-58-55-52-49-46-42-33-30-27-24-21-18-15-12-9-6-3)68-77-71(74)65-62-59-56-53-50-47-44-41-32-29-26-23-20-17-14-11-8-5-2/h7,10,16,19,25,28,34-35,37-38,40,43,70H,4-6,8-9,11-15,17-18,20-24,26-27,29-33,36,39,41-42,44-69H2,1-3H3/b10-7-,19-16-,28-25-,35-34-,38-37-,43-40-. The monoisotopic (exact) mass is 1100 g/mol. The third-order valence-corrected chi connectivity index (χ3v) is 15.2. The maximum atomic E-state index is 12.9. The molecule has 0 aromatic rings. The molecule has 6 heteroatoms. The molecule has 0 fully saturated rings. The van der Waals surface area contributed by atoms with Crippen LogP contribution in [0.1, 0.15) is 355 Å². The molecule has 0 saturated carbocycles. The van der Waals surface area contributed by atoms with Crippen molar-refractivity contribution in [3.05, 3.63) is 72.9 Å². The fourth-order valence-electron chi connectivity index (χ4n) is 10.1. The number of allylic oxidation sites excluding steroid dienone is 12. The van der Waals surface area contributed by atoms with E-state index >= 15 is 0 Å². The van der Waals surface area contributed by atoms with Crippen LogP contribution in [0.5, 0.6) is 0 Å². The highest BCUT2D eigenvalue weighted by Crippen LogP contribution is 2.18. The van der Waals surface area contributed by atoms with E-state index in [1.54, 1.807) is 0 Å². The van der Waals surface area contributed by atoms with Gasteiger partial charge in [0, 0.05) is 19.3 Å². The second kappa shape index (κ2) is 67.4. The van der Waals surface area contributed by atoms with E-state index in [0.29, 0.717) is 19.3 Å². The van der Waals surface area contributed by atoms with Crippen molar-refractivity contribution in [2.24, 2.45) is 0 Å². The highest BCUT2D eigenvalue weighted by atomic mass is 16.6. The van der Waals surface area contributed by atoms with Crippen molar-refractivity contribution < 1.29 is 28.6 Å². The minimum atomic E-state index is -0.780. The Morgan fingerprint density at radius 1 is 0.266 bits per heavy atom. The summed E-state index contributed by atoms with van der Waals surface area (Å²) in [7, 11) is 0. The van der Waals surface area contributed by atoms with E-state index in [1.807, 2.05) is 0 Å². The molecule has 0 aliphatic heterocycles. The van der Waals surface area contributed by atoms with Gasteiger partial charge in [0.15, 0.2) is 6.10 Å². The Labute approximate surface area is 491 Å². The van der Waals surface area contributed by atoms with Crippen LogP contribution in [0, 0.1) is 0 Å². The van der Waals surface area contributed by atoms with Crippen LogP contribution in [0.15, 0.2) is 72.9 Å². The summed E-state index contributed by atoms with van der Waals surface area (Å²) in [6.07, 6.45) is 87.7. The molecule has 458 valence electrons. The predicted octanol–water partition coefficient (Wildman–Crippen LogP) is 23.7. The first-order valence-electron chi connectivity index (χ1n) is 34.4. The number of carbonyl (C=O) groups excluding carboxylic acids is 3. The first-order valence-corrected chi connectivity index (χ1v) is 34.4. The molecule has 79 heavy (non-hydrogen) atoms. The normalized spacial score (nSPS) is 12.5. The van der Waals surface area contributed by atoms with E-state index in [4.69, 9.17) is 14.2 Å². The van der Waals surface area contributed by atoms with Crippen LogP contribution in [-0.2, 0) is 28.6 Å². The Hall–Kier alpha value is -3.15. The summed E-state index contributed by atoms with van der Waals surface area (Å²) in [5.74, 6) is -0.866. The lowest BCUT2D eigenvalue weighted by molar-refractivity contribution is -0.167. The van der Waals surface area contributed by atoms with Crippen molar-refractivity contribution >= 4 is 17.9 Å². The zero-order valence-electron chi connectivity index (χ0n) is 52.6. The second-order valence-corrected chi connectivity index (χ2v) is 23.1. The SMILES string of the molecule is CC/C=C\C/C=C\C/C=C\C/C=C\C/C=C\C/C=C\CCCCCCCCC(=O)OCC(COC(=O)CCCCCCCCCCCCCCCCCCCC)OC(=O)CCCCCCCCCCCCCCCCCCCC. The molecule has 0 rings (SSSR count). The third kappa shape index (κ3) is 65.5. The van der Waals surface area contributed by atoms with Gasteiger partial charge in [-0.15, -0.1) is 0 Å². The van der Waals surface area contributed by atoms with Gasteiger partial charge in [0.1, 0.15) is 13.2 Å². The highest BCUT2D eigenvalue weighted by molar-refractivity contribution is 5.71. The van der Waals surface area contributed by atoms with Gasteiger partial charge in [0.2, 0.25) is 0 Å². The minimum Gasteiger partial charge on any atom is -0.462 e. The number of hydrogen-bond donors (Lipinski definition) is 0. The summed E-state index contributed by atoms with van der Waals surface area (Å²) >= 11 is 0. The van der Waals surface area contributed by atoms with E-state index in [0.717, 1.165) is 103 Å². The van der Waals surface area contributed by atoms with Crippen molar-refractivity contribution in [2.75, 3.05) is 13.2 Å². The number of hydrogen-bond acceptors (Lipinski definition) is 6. The number of rotatable bonds is 63. The lowest BCUT2D eigenvalue weighted by Gasteiger charge is -2.18. The van der Waals surface area contributed by atoms with Crippen molar-refractivity contribution in [1.82, 2.24) is 0 Å². The Bertz CT molecular complexity index is 1450. The molecule has 0 aliphatic rings. The molecule has 0 spiro atoms. The summed E-state index contributed by atoms with van der Waals surface area (Å²) in [5.41, 5.74) is 0. The molecule has 1 atom stereocenters. The van der Waals surface area contributed by atoms with Gasteiger partial charge in [-0.2, -0.15) is 0 Å². The van der Waals surface area contributed by atoms with Gasteiger partial charge in [-0.3, -0.25) is 14.4 Å². The van der Waals surface area contributed by atoms with Crippen molar-refractivity contribution in [3.63, 3.8) is 0 Å². The zero-order valence-corrected chi connectivity index (χ0v) is 52.6. The summed E-state index contributed by atoms with van der Waals surface area (Å²) in [6.45, 7) is 6.58. The maximum absolute atomic E-state index is 12.9. The van der Waals surface area contributed by atoms with Crippen LogP contribution in [0.25, 0.3) is 0 Å². The molecule has 6 nitrogen and oxygen atoms in total. The number of unbranched alkanes of at least 4 members (excludes halogenated alkanes) is 40. The maximum Gasteiger partial charge on any atom is 0.306 e. The summed E-state index contributed by atoms with van der Waals surface area (Å²) < 4.78 is 17.0. The Balaban J connectivity index is 4.36. The molecule has 0 bridgehead atoms. The van der Waals surface area contributed by atoms with Gasteiger partial charge < -0.3 is 14.2 Å². The van der Waals surface area contributed by atoms with Crippen LogP contribution in [0.3, 0.4) is 0 Å². The third-order valence-electron chi connectivity index (χ3n) is 15.2. The first kappa shape index (κ1) is 75.8.